The van der Waals surface area contributed by atoms with Gasteiger partial charge in [-0.15, -0.1) is 0 Å². The molecule has 0 saturated heterocycles. The van der Waals surface area contributed by atoms with Crippen molar-refractivity contribution in [2.45, 2.75) is 31.7 Å². The van der Waals surface area contributed by atoms with E-state index in [1.54, 1.807) is 6.07 Å². The molecule has 0 bridgehead atoms. The molecule has 1 aliphatic carbocycles. The van der Waals surface area contributed by atoms with Crippen molar-refractivity contribution in [3.05, 3.63) is 53.2 Å². The molecule has 2 aromatic heterocycles. The first-order valence-electron chi connectivity index (χ1n) is 7.89. The van der Waals surface area contributed by atoms with E-state index in [9.17, 15) is 0 Å². The molecule has 0 aliphatic heterocycles. The van der Waals surface area contributed by atoms with E-state index >= 15 is 0 Å². The second-order valence-corrected chi connectivity index (χ2v) is 6.29. The molecule has 6 nitrogen and oxygen atoms in total. The quantitative estimate of drug-likeness (QED) is 0.700. The van der Waals surface area contributed by atoms with E-state index in [1.165, 1.54) is 0 Å². The Kier molecular flexibility index (Phi) is 3.90. The third-order valence-electron chi connectivity index (χ3n) is 3.87. The predicted octanol–water partition coefficient (Wildman–Crippen LogP) is 4.23. The van der Waals surface area contributed by atoms with Crippen LogP contribution < -0.4 is 5.32 Å². The van der Waals surface area contributed by atoms with Crippen LogP contribution in [-0.2, 0) is 0 Å². The molecule has 1 unspecified atom stereocenters. The van der Waals surface area contributed by atoms with E-state index in [1.807, 2.05) is 37.3 Å². The van der Waals surface area contributed by atoms with Gasteiger partial charge in [0.15, 0.2) is 5.82 Å². The molecule has 122 valence electrons. The predicted molar refractivity (Wildman–Crippen MR) is 90.8 cm³/mol. The summed E-state index contributed by atoms with van der Waals surface area (Å²) in [6.45, 7) is 1.95. The Morgan fingerprint density at radius 1 is 1.17 bits per heavy atom. The topological polar surface area (TPSA) is 76.7 Å². The van der Waals surface area contributed by atoms with Crippen LogP contribution in [0.2, 0.25) is 5.15 Å². The van der Waals surface area contributed by atoms with Gasteiger partial charge in [0, 0.05) is 17.5 Å². The summed E-state index contributed by atoms with van der Waals surface area (Å²) in [7, 11) is 0. The minimum atomic E-state index is -0.163. The second kappa shape index (κ2) is 6.20. The first-order chi connectivity index (χ1) is 11.7. The van der Waals surface area contributed by atoms with Gasteiger partial charge in [-0.3, -0.25) is 0 Å². The van der Waals surface area contributed by atoms with E-state index in [0.717, 1.165) is 24.2 Å². The van der Waals surface area contributed by atoms with Crippen LogP contribution >= 0.6 is 11.6 Å². The van der Waals surface area contributed by atoms with Crippen molar-refractivity contribution >= 4 is 17.4 Å². The number of hydrogen-bond donors (Lipinski definition) is 1. The fraction of sp³-hybridized carbons (Fsp3) is 0.294. The lowest BCUT2D eigenvalue weighted by Crippen LogP contribution is -2.11. The summed E-state index contributed by atoms with van der Waals surface area (Å²) in [5.41, 5.74) is 0.893. The van der Waals surface area contributed by atoms with E-state index in [4.69, 9.17) is 16.1 Å². The zero-order valence-electron chi connectivity index (χ0n) is 13.1. The van der Waals surface area contributed by atoms with Gasteiger partial charge in [0.05, 0.1) is 6.04 Å². The molecule has 1 aromatic carbocycles. The fourth-order valence-electron chi connectivity index (χ4n) is 2.43. The van der Waals surface area contributed by atoms with Gasteiger partial charge in [0.1, 0.15) is 16.8 Å². The minimum absolute atomic E-state index is 0.163. The van der Waals surface area contributed by atoms with Crippen molar-refractivity contribution in [3.8, 4) is 11.5 Å². The summed E-state index contributed by atoms with van der Waals surface area (Å²) in [4.78, 5) is 13.3. The largest absolute Gasteiger partial charge is 0.360 e. The highest BCUT2D eigenvalue weighted by Gasteiger charge is 2.27. The average Bonchev–Trinajstić information content (AvgIpc) is 3.32. The number of aromatic nitrogens is 4. The summed E-state index contributed by atoms with van der Waals surface area (Å²) in [5.74, 6) is 2.98. The molecule has 1 atom stereocenters. The van der Waals surface area contributed by atoms with E-state index < -0.39 is 0 Å². The summed E-state index contributed by atoms with van der Waals surface area (Å²) < 4.78 is 5.35. The molecule has 1 aliphatic rings. The highest BCUT2D eigenvalue weighted by molar-refractivity contribution is 6.29. The highest BCUT2D eigenvalue weighted by atomic mass is 35.5. The molecule has 1 saturated carbocycles. The smallest absolute Gasteiger partial charge is 0.257 e. The van der Waals surface area contributed by atoms with Gasteiger partial charge in [-0.05, 0) is 31.9 Å². The second-order valence-electron chi connectivity index (χ2n) is 5.90. The molecule has 2 heterocycles. The maximum Gasteiger partial charge on any atom is 0.257 e. The Bertz CT molecular complexity index is 847. The maximum atomic E-state index is 6.09. The highest BCUT2D eigenvalue weighted by Crippen LogP contribution is 2.39. The third kappa shape index (κ3) is 3.23. The third-order valence-corrected chi connectivity index (χ3v) is 4.06. The van der Waals surface area contributed by atoms with Crippen LogP contribution in [0.3, 0.4) is 0 Å². The number of anilines is 1. The molecular formula is C17H16ClN5O. The monoisotopic (exact) mass is 341 g/mol. The van der Waals surface area contributed by atoms with Crippen molar-refractivity contribution in [3.63, 3.8) is 0 Å². The van der Waals surface area contributed by atoms with Crippen molar-refractivity contribution in [1.82, 2.24) is 20.1 Å². The van der Waals surface area contributed by atoms with Gasteiger partial charge in [-0.1, -0.05) is 35.0 Å². The lowest BCUT2D eigenvalue weighted by atomic mass is 10.2. The number of rotatable bonds is 5. The average molecular weight is 342 g/mol. The SMILES string of the molecule is CC(Nc1cc(Cl)nc(C2CC2)n1)c1noc(-c2ccccc2)n1. The molecule has 4 rings (SSSR count). The van der Waals surface area contributed by atoms with Crippen molar-refractivity contribution in [1.29, 1.82) is 0 Å². The van der Waals surface area contributed by atoms with Crippen molar-refractivity contribution in [2.24, 2.45) is 0 Å². The summed E-state index contributed by atoms with van der Waals surface area (Å²) in [6.07, 6.45) is 2.25. The van der Waals surface area contributed by atoms with Crippen LogP contribution in [0.1, 0.15) is 43.4 Å². The summed E-state index contributed by atoms with van der Waals surface area (Å²) in [5, 5.41) is 7.77. The molecule has 3 aromatic rings. The number of nitrogens with one attached hydrogen (secondary N) is 1. The van der Waals surface area contributed by atoms with Gasteiger partial charge >= 0.3 is 0 Å². The first kappa shape index (κ1) is 15.1. The van der Waals surface area contributed by atoms with Gasteiger partial charge < -0.3 is 9.84 Å². The zero-order valence-corrected chi connectivity index (χ0v) is 13.9. The summed E-state index contributed by atoms with van der Waals surface area (Å²) in [6, 6.07) is 11.2. The minimum Gasteiger partial charge on any atom is -0.360 e. The molecule has 7 heteroatoms. The Morgan fingerprint density at radius 3 is 2.71 bits per heavy atom. The molecule has 0 spiro atoms. The van der Waals surface area contributed by atoms with E-state index in [0.29, 0.717) is 28.6 Å². The normalized spacial score (nSPS) is 15.2. The fourth-order valence-corrected chi connectivity index (χ4v) is 2.62. The lowest BCUT2D eigenvalue weighted by Gasteiger charge is -2.11. The van der Waals surface area contributed by atoms with E-state index in [2.05, 4.69) is 25.4 Å². The Hall–Kier alpha value is -2.47. The number of halogens is 1. The molecule has 24 heavy (non-hydrogen) atoms. The standard InChI is InChI=1S/C17H16ClN5O/c1-10(15-22-17(24-23-15)12-5-3-2-4-6-12)19-14-9-13(18)20-16(21-14)11-7-8-11/h2-6,9-11H,7-8H2,1H3,(H,19,20,21). The number of nitrogens with zero attached hydrogens (tertiary/aromatic N) is 4. The Morgan fingerprint density at radius 2 is 1.96 bits per heavy atom. The van der Waals surface area contributed by atoms with Crippen molar-refractivity contribution < 1.29 is 4.52 Å². The van der Waals surface area contributed by atoms with Crippen LogP contribution in [0.5, 0.6) is 0 Å². The van der Waals surface area contributed by atoms with Gasteiger partial charge in [0.25, 0.3) is 5.89 Å². The Balaban J connectivity index is 1.52. The molecule has 1 fully saturated rings. The van der Waals surface area contributed by atoms with Gasteiger partial charge in [-0.2, -0.15) is 4.98 Å². The van der Waals surface area contributed by atoms with Crippen LogP contribution in [0, 0.1) is 0 Å². The first-order valence-corrected chi connectivity index (χ1v) is 8.27. The molecule has 1 N–H and O–H groups in total. The maximum absolute atomic E-state index is 6.09. The molecule has 0 amide bonds. The van der Waals surface area contributed by atoms with Crippen molar-refractivity contribution in [2.75, 3.05) is 5.32 Å². The van der Waals surface area contributed by atoms with Crippen LogP contribution in [0.4, 0.5) is 5.82 Å². The van der Waals surface area contributed by atoms with Gasteiger partial charge in [-0.25, -0.2) is 9.97 Å². The van der Waals surface area contributed by atoms with Crippen LogP contribution in [0.15, 0.2) is 40.9 Å². The number of benzene rings is 1. The van der Waals surface area contributed by atoms with Crippen LogP contribution in [-0.4, -0.2) is 20.1 Å². The molecular weight excluding hydrogens is 326 g/mol. The molecule has 0 radical (unpaired) electrons. The van der Waals surface area contributed by atoms with E-state index in [-0.39, 0.29) is 6.04 Å². The Labute approximate surface area is 144 Å². The zero-order chi connectivity index (χ0) is 16.5. The summed E-state index contributed by atoms with van der Waals surface area (Å²) >= 11 is 6.09. The van der Waals surface area contributed by atoms with Gasteiger partial charge in [0.2, 0.25) is 0 Å². The lowest BCUT2D eigenvalue weighted by molar-refractivity contribution is 0.419. The van der Waals surface area contributed by atoms with Crippen LogP contribution in [0.25, 0.3) is 11.5 Å². The number of hydrogen-bond acceptors (Lipinski definition) is 6.